The van der Waals surface area contributed by atoms with Gasteiger partial charge in [0.1, 0.15) is 0 Å². The second kappa shape index (κ2) is 3.37. The molecule has 3 unspecified atom stereocenters. The van der Waals surface area contributed by atoms with Gasteiger partial charge in [0.25, 0.3) is 0 Å². The zero-order chi connectivity index (χ0) is 12.3. The smallest absolute Gasteiger partial charge is 0.186 e. The lowest BCUT2D eigenvalue weighted by Crippen LogP contribution is -2.41. The van der Waals surface area contributed by atoms with Gasteiger partial charge < -0.3 is 10.2 Å². The van der Waals surface area contributed by atoms with Gasteiger partial charge in [-0.05, 0) is 18.6 Å². The molecular weight excluding hydrogens is 232 g/mol. The van der Waals surface area contributed by atoms with Crippen LogP contribution in [0.3, 0.4) is 0 Å². The number of thioether (sulfide) groups is 1. The van der Waals surface area contributed by atoms with Gasteiger partial charge in [-0.15, -0.1) is 11.8 Å². The van der Waals surface area contributed by atoms with Gasteiger partial charge in [0, 0.05) is 11.2 Å². The first-order valence-corrected chi connectivity index (χ1v) is 6.74. The van der Waals surface area contributed by atoms with Crippen molar-refractivity contribution >= 4 is 11.8 Å². The largest absolute Gasteiger partial charge is 0.362 e. The van der Waals surface area contributed by atoms with E-state index in [2.05, 4.69) is 31.2 Å². The number of aliphatic hydroxyl groups is 2. The highest BCUT2D eigenvalue weighted by Crippen LogP contribution is 2.68. The van der Waals surface area contributed by atoms with Gasteiger partial charge in [-0.2, -0.15) is 0 Å². The molecule has 1 aromatic rings. The third kappa shape index (κ3) is 1.57. The number of aryl methyl sites for hydroxylation is 1. The first-order valence-electron chi connectivity index (χ1n) is 5.86. The van der Waals surface area contributed by atoms with Gasteiger partial charge in [-0.3, -0.25) is 0 Å². The van der Waals surface area contributed by atoms with Gasteiger partial charge in [-0.25, -0.2) is 0 Å². The van der Waals surface area contributed by atoms with E-state index < -0.39 is 5.79 Å². The van der Waals surface area contributed by atoms with Crippen molar-refractivity contribution in [1.29, 1.82) is 0 Å². The van der Waals surface area contributed by atoms with Crippen LogP contribution in [0.15, 0.2) is 36.4 Å². The van der Waals surface area contributed by atoms with E-state index >= 15 is 0 Å². The Hall–Kier alpha value is -0.770. The minimum atomic E-state index is -1.65. The second-order valence-electron chi connectivity index (χ2n) is 5.11. The molecule has 0 aromatic heterocycles. The topological polar surface area (TPSA) is 40.5 Å². The van der Waals surface area contributed by atoms with Gasteiger partial charge in [0.05, 0.1) is 4.75 Å². The lowest BCUT2D eigenvalue weighted by Gasteiger charge is -2.30. The zero-order valence-corrected chi connectivity index (χ0v) is 10.7. The maximum Gasteiger partial charge on any atom is 0.186 e. The molecule has 1 saturated heterocycles. The van der Waals surface area contributed by atoms with Crippen molar-refractivity contribution < 1.29 is 10.2 Å². The van der Waals surface area contributed by atoms with Gasteiger partial charge >= 0.3 is 0 Å². The zero-order valence-electron chi connectivity index (χ0n) is 9.92. The highest BCUT2D eigenvalue weighted by Gasteiger charge is 2.63. The minimum absolute atomic E-state index is 0.0274. The van der Waals surface area contributed by atoms with Gasteiger partial charge in [0.2, 0.25) is 0 Å². The van der Waals surface area contributed by atoms with E-state index in [-0.39, 0.29) is 15.9 Å². The molecule has 17 heavy (non-hydrogen) atoms. The number of rotatable bonds is 1. The van der Waals surface area contributed by atoms with Crippen molar-refractivity contribution in [3.05, 3.63) is 47.5 Å². The molecule has 2 aliphatic rings. The summed E-state index contributed by atoms with van der Waals surface area (Å²) < 4.78 is -0.0274. The fraction of sp³-hybridized carbons (Fsp3) is 0.429. The van der Waals surface area contributed by atoms with Crippen LogP contribution in [-0.4, -0.2) is 21.3 Å². The van der Waals surface area contributed by atoms with Gasteiger partial charge in [0.15, 0.2) is 5.79 Å². The number of hydrogen-bond acceptors (Lipinski definition) is 3. The van der Waals surface area contributed by atoms with Crippen LogP contribution in [0.25, 0.3) is 0 Å². The third-order valence-corrected chi connectivity index (χ3v) is 5.65. The van der Waals surface area contributed by atoms with Crippen LogP contribution < -0.4 is 0 Å². The van der Waals surface area contributed by atoms with Crippen molar-refractivity contribution in [2.24, 2.45) is 5.92 Å². The van der Waals surface area contributed by atoms with E-state index in [1.807, 2.05) is 24.8 Å². The van der Waals surface area contributed by atoms with E-state index in [1.165, 1.54) is 17.2 Å². The molecule has 1 heterocycles. The molecule has 2 nitrogen and oxygen atoms in total. The number of hydrogen-bond donors (Lipinski definition) is 2. The van der Waals surface area contributed by atoms with Crippen molar-refractivity contribution in [2.45, 2.75) is 29.6 Å². The summed E-state index contributed by atoms with van der Waals surface area (Å²) in [5, 5.41) is 19.9. The van der Waals surface area contributed by atoms with Gasteiger partial charge in [-0.1, -0.05) is 42.8 Å². The summed E-state index contributed by atoms with van der Waals surface area (Å²) in [5.41, 5.74) is 2.51. The Bertz CT molecular complexity index is 495. The van der Waals surface area contributed by atoms with Crippen molar-refractivity contribution in [3.63, 3.8) is 0 Å². The molecule has 2 N–H and O–H groups in total. The molecule has 90 valence electrons. The first kappa shape index (κ1) is 11.3. The van der Waals surface area contributed by atoms with Crippen LogP contribution in [0, 0.1) is 12.8 Å². The van der Waals surface area contributed by atoms with Crippen molar-refractivity contribution in [3.8, 4) is 0 Å². The quantitative estimate of drug-likeness (QED) is 0.455. The van der Waals surface area contributed by atoms with E-state index in [9.17, 15) is 10.2 Å². The van der Waals surface area contributed by atoms with E-state index in [4.69, 9.17) is 0 Å². The second-order valence-corrected chi connectivity index (χ2v) is 6.53. The molecule has 1 aromatic carbocycles. The summed E-state index contributed by atoms with van der Waals surface area (Å²) in [6.45, 7) is 3.99. The van der Waals surface area contributed by atoms with E-state index in [0.29, 0.717) is 0 Å². The lowest BCUT2D eigenvalue weighted by molar-refractivity contribution is -0.157. The Kier molecular flexibility index (Phi) is 2.25. The summed E-state index contributed by atoms with van der Waals surface area (Å²) in [6.07, 6.45) is 3.49. The number of fused-ring (bicyclic) bond motifs is 1. The van der Waals surface area contributed by atoms with E-state index in [1.54, 1.807) is 0 Å². The average Bonchev–Trinajstić information content (AvgIpc) is 3.01. The average molecular weight is 248 g/mol. The predicted octanol–water partition coefficient (Wildman–Crippen LogP) is 2.19. The predicted molar refractivity (Wildman–Crippen MR) is 69.7 cm³/mol. The molecule has 1 aliphatic heterocycles. The Balaban J connectivity index is 2.02. The Morgan fingerprint density at radius 3 is 2.71 bits per heavy atom. The van der Waals surface area contributed by atoms with Crippen LogP contribution in [-0.2, 0) is 4.75 Å². The summed E-state index contributed by atoms with van der Waals surface area (Å²) in [4.78, 5) is 0. The molecule has 0 radical (unpaired) electrons. The molecule has 0 bridgehead atoms. The highest BCUT2D eigenvalue weighted by atomic mass is 32.2. The maximum absolute atomic E-state index is 9.81. The third-order valence-electron chi connectivity index (χ3n) is 3.86. The molecule has 0 spiro atoms. The van der Waals surface area contributed by atoms with Crippen LogP contribution in [0.1, 0.15) is 18.1 Å². The highest BCUT2D eigenvalue weighted by molar-refractivity contribution is 8.08. The minimum Gasteiger partial charge on any atom is -0.362 e. The Labute approximate surface area is 105 Å². The van der Waals surface area contributed by atoms with Crippen molar-refractivity contribution in [1.82, 2.24) is 0 Å². The van der Waals surface area contributed by atoms with Crippen molar-refractivity contribution in [2.75, 3.05) is 0 Å². The summed E-state index contributed by atoms with van der Waals surface area (Å²) in [6, 6.07) is 8.46. The standard InChI is InChI=1S/C14H16O2S/c1-9-4-3-5-11(8-9)13-6-7-14(15,16)10(2)12(13)17-13/h3-8,10,12,15-16H,1-2H3. The van der Waals surface area contributed by atoms with Crippen LogP contribution >= 0.6 is 11.8 Å². The molecule has 3 heteroatoms. The summed E-state index contributed by atoms with van der Waals surface area (Å²) >= 11 is 1.81. The Morgan fingerprint density at radius 2 is 2.00 bits per heavy atom. The molecule has 3 atom stereocenters. The molecular formula is C14H16O2S. The Morgan fingerprint density at radius 1 is 1.24 bits per heavy atom. The lowest BCUT2D eigenvalue weighted by atomic mass is 9.80. The molecule has 1 fully saturated rings. The van der Waals surface area contributed by atoms with Crippen LogP contribution in [0.4, 0.5) is 0 Å². The van der Waals surface area contributed by atoms with Crippen LogP contribution in [0.5, 0.6) is 0 Å². The maximum atomic E-state index is 9.81. The molecule has 1 aliphatic carbocycles. The fourth-order valence-electron chi connectivity index (χ4n) is 2.62. The fourth-order valence-corrected chi connectivity index (χ4v) is 4.21. The normalized spacial score (nSPS) is 37.6. The molecule has 0 amide bonds. The summed E-state index contributed by atoms with van der Waals surface area (Å²) in [5.74, 6) is -1.79. The molecule has 0 saturated carbocycles. The monoisotopic (exact) mass is 248 g/mol. The van der Waals surface area contributed by atoms with Crippen LogP contribution in [0.2, 0.25) is 0 Å². The SMILES string of the molecule is Cc1cccc(C23C=CC(O)(O)C(C)C2S3)c1. The first-order chi connectivity index (χ1) is 7.96. The summed E-state index contributed by atoms with van der Waals surface area (Å²) in [7, 11) is 0. The van der Waals surface area contributed by atoms with E-state index in [0.717, 1.165) is 0 Å². The number of benzene rings is 1. The molecule has 3 rings (SSSR count).